The quantitative estimate of drug-likeness (QED) is 0.350. The predicted molar refractivity (Wildman–Crippen MR) is 117 cm³/mol. The third-order valence-corrected chi connectivity index (χ3v) is 6.54. The molecule has 1 N–H and O–H groups in total. The van der Waals surface area contributed by atoms with E-state index in [0.29, 0.717) is 12.1 Å². The molecule has 1 atom stereocenters. The summed E-state index contributed by atoms with van der Waals surface area (Å²) in [6.07, 6.45) is 1.73. The molecule has 1 aliphatic heterocycles. The first-order valence-corrected chi connectivity index (χ1v) is 10.7. The highest BCUT2D eigenvalue weighted by Gasteiger charge is 2.46. The fourth-order valence-corrected chi connectivity index (χ4v) is 4.92. The van der Waals surface area contributed by atoms with E-state index < -0.39 is 17.7 Å². The van der Waals surface area contributed by atoms with E-state index in [1.165, 1.54) is 11.3 Å². The number of ketones is 1. The fraction of sp³-hybridized carbons (Fsp3) is 0.250. The second-order valence-electron chi connectivity index (χ2n) is 7.38. The molecule has 1 unspecified atom stereocenters. The smallest absolute Gasteiger partial charge is 0.295 e. The van der Waals surface area contributed by atoms with Gasteiger partial charge in [-0.1, -0.05) is 49.7 Å². The third-order valence-electron chi connectivity index (χ3n) is 5.47. The van der Waals surface area contributed by atoms with E-state index in [1.54, 1.807) is 11.0 Å². The van der Waals surface area contributed by atoms with Crippen LogP contribution in [-0.4, -0.2) is 28.2 Å². The van der Waals surface area contributed by atoms with Crippen LogP contribution in [0.5, 0.6) is 0 Å². The van der Waals surface area contributed by atoms with Gasteiger partial charge in [-0.25, -0.2) is 0 Å². The van der Waals surface area contributed by atoms with Crippen LogP contribution in [0.25, 0.3) is 16.5 Å². The topological polar surface area (TPSA) is 57.6 Å². The molecule has 1 aliphatic rings. The Morgan fingerprint density at radius 2 is 1.86 bits per heavy atom. The molecule has 5 heteroatoms. The summed E-state index contributed by atoms with van der Waals surface area (Å²) in [7, 11) is 0. The minimum atomic E-state index is -0.607. The number of aliphatic hydroxyl groups excluding tert-OH is 1. The van der Waals surface area contributed by atoms with Crippen molar-refractivity contribution >= 4 is 39.6 Å². The summed E-state index contributed by atoms with van der Waals surface area (Å²) in [6, 6.07) is 14.9. The molecule has 2 aromatic carbocycles. The number of fused-ring (bicyclic) bond motifs is 1. The van der Waals surface area contributed by atoms with Crippen molar-refractivity contribution in [2.45, 2.75) is 32.7 Å². The number of thiophene rings is 1. The van der Waals surface area contributed by atoms with Gasteiger partial charge in [-0.2, -0.15) is 0 Å². The number of aryl methyl sites for hydroxylation is 1. The zero-order chi connectivity index (χ0) is 20.5. The van der Waals surface area contributed by atoms with E-state index in [4.69, 9.17) is 0 Å². The number of aliphatic hydroxyl groups is 1. The van der Waals surface area contributed by atoms with Crippen LogP contribution < -0.4 is 0 Å². The lowest BCUT2D eigenvalue weighted by Gasteiger charge is -2.24. The van der Waals surface area contributed by atoms with Gasteiger partial charge in [0.25, 0.3) is 11.7 Å². The summed E-state index contributed by atoms with van der Waals surface area (Å²) in [4.78, 5) is 28.3. The van der Waals surface area contributed by atoms with Gasteiger partial charge in [0.05, 0.1) is 11.6 Å². The second kappa shape index (κ2) is 7.84. The van der Waals surface area contributed by atoms with Crippen molar-refractivity contribution in [2.24, 2.45) is 0 Å². The van der Waals surface area contributed by atoms with E-state index in [0.717, 1.165) is 34.1 Å². The zero-order valence-electron chi connectivity index (χ0n) is 16.5. The number of hydrogen-bond acceptors (Lipinski definition) is 4. The summed E-state index contributed by atoms with van der Waals surface area (Å²) >= 11 is 1.52. The molecule has 1 fully saturated rings. The first kappa shape index (κ1) is 19.4. The molecule has 148 valence electrons. The van der Waals surface area contributed by atoms with Crippen molar-refractivity contribution in [2.75, 3.05) is 6.54 Å². The molecule has 0 bridgehead atoms. The predicted octanol–water partition coefficient (Wildman–Crippen LogP) is 5.43. The third kappa shape index (κ3) is 3.36. The number of rotatable bonds is 5. The zero-order valence-corrected chi connectivity index (χ0v) is 17.3. The lowest BCUT2D eigenvalue weighted by Crippen LogP contribution is -2.30. The molecule has 0 radical (unpaired) electrons. The number of carbonyl (C=O) groups is 2. The summed E-state index contributed by atoms with van der Waals surface area (Å²) in [5.74, 6) is -1.24. The lowest BCUT2D eigenvalue weighted by atomic mass is 9.97. The molecule has 0 spiro atoms. The van der Waals surface area contributed by atoms with Crippen molar-refractivity contribution in [3.05, 3.63) is 75.5 Å². The van der Waals surface area contributed by atoms with Crippen LogP contribution >= 0.6 is 11.3 Å². The lowest BCUT2D eigenvalue weighted by molar-refractivity contribution is -0.139. The second-order valence-corrected chi connectivity index (χ2v) is 8.32. The van der Waals surface area contributed by atoms with Crippen LogP contribution in [0.1, 0.15) is 41.8 Å². The summed E-state index contributed by atoms with van der Waals surface area (Å²) in [5, 5.41) is 15.1. The average Bonchev–Trinajstić information content (AvgIpc) is 3.26. The maximum Gasteiger partial charge on any atom is 0.295 e. The number of hydrogen-bond donors (Lipinski definition) is 1. The molecule has 4 rings (SSSR count). The number of Topliss-reactive ketones (excluding diaryl/α,β-unsaturated/α-hetero) is 1. The molecule has 2 heterocycles. The minimum absolute atomic E-state index is 0.106. The molecular weight excluding hydrogens is 382 g/mol. The van der Waals surface area contributed by atoms with Gasteiger partial charge in [-0.3, -0.25) is 9.59 Å². The molecule has 0 saturated carbocycles. The summed E-state index contributed by atoms with van der Waals surface area (Å²) < 4.78 is 0. The van der Waals surface area contributed by atoms with Gasteiger partial charge in [-0.05, 0) is 47.2 Å². The Bertz CT molecular complexity index is 1130. The molecule has 4 nitrogen and oxygen atoms in total. The maximum atomic E-state index is 13.0. The van der Waals surface area contributed by atoms with Crippen LogP contribution in [0.4, 0.5) is 0 Å². The van der Waals surface area contributed by atoms with Crippen LogP contribution in [0.3, 0.4) is 0 Å². The van der Waals surface area contributed by atoms with E-state index in [-0.39, 0.29) is 11.3 Å². The first-order chi connectivity index (χ1) is 14.0. The van der Waals surface area contributed by atoms with Crippen LogP contribution in [0.15, 0.2) is 59.5 Å². The van der Waals surface area contributed by atoms with Gasteiger partial charge >= 0.3 is 0 Å². The minimum Gasteiger partial charge on any atom is -0.507 e. The van der Waals surface area contributed by atoms with E-state index in [1.807, 2.05) is 54.8 Å². The van der Waals surface area contributed by atoms with Crippen LogP contribution in [0, 0.1) is 6.92 Å². The highest BCUT2D eigenvalue weighted by molar-refractivity contribution is 7.10. The number of benzene rings is 2. The monoisotopic (exact) mass is 405 g/mol. The van der Waals surface area contributed by atoms with Crippen LogP contribution in [0.2, 0.25) is 0 Å². The Labute approximate surface area is 174 Å². The fourth-order valence-electron chi connectivity index (χ4n) is 3.87. The largest absolute Gasteiger partial charge is 0.507 e. The number of unbranched alkanes of at least 4 members (excludes halogenated alkanes) is 1. The Morgan fingerprint density at radius 3 is 2.55 bits per heavy atom. The summed E-state index contributed by atoms with van der Waals surface area (Å²) in [5.41, 5.74) is 1.76. The van der Waals surface area contributed by atoms with Crippen molar-refractivity contribution in [1.82, 2.24) is 4.90 Å². The van der Waals surface area contributed by atoms with Crippen molar-refractivity contribution in [3.63, 3.8) is 0 Å². The number of likely N-dealkylation sites (tertiary alicyclic amines) is 1. The van der Waals surface area contributed by atoms with Gasteiger partial charge in [0, 0.05) is 17.0 Å². The summed E-state index contributed by atoms with van der Waals surface area (Å²) in [6.45, 7) is 4.52. The molecule has 1 saturated heterocycles. The first-order valence-electron chi connectivity index (χ1n) is 9.84. The van der Waals surface area contributed by atoms with Gasteiger partial charge in [-0.15, -0.1) is 11.3 Å². The molecule has 1 aromatic heterocycles. The van der Waals surface area contributed by atoms with E-state index in [2.05, 4.69) is 6.92 Å². The highest BCUT2D eigenvalue weighted by atomic mass is 32.1. The molecule has 0 aliphatic carbocycles. The van der Waals surface area contributed by atoms with E-state index >= 15 is 0 Å². The maximum absolute atomic E-state index is 13.0. The van der Waals surface area contributed by atoms with Gasteiger partial charge in [0.1, 0.15) is 5.76 Å². The number of carbonyl (C=O) groups excluding carboxylic acids is 2. The van der Waals surface area contributed by atoms with Crippen molar-refractivity contribution < 1.29 is 14.7 Å². The average molecular weight is 406 g/mol. The molecular formula is C24H23NO3S. The van der Waals surface area contributed by atoms with Crippen molar-refractivity contribution in [1.29, 1.82) is 0 Å². The number of nitrogens with zero attached hydrogens (tertiary/aromatic N) is 1. The normalized spacial score (nSPS) is 18.7. The van der Waals surface area contributed by atoms with Crippen molar-refractivity contribution in [3.8, 4) is 0 Å². The van der Waals surface area contributed by atoms with Gasteiger partial charge in [0.2, 0.25) is 0 Å². The molecule has 3 aromatic rings. The Balaban J connectivity index is 1.88. The standard InChI is InChI=1S/C24H23NO3S/c1-3-4-12-25-20(23-15(2)11-13-29-23)19(22(27)24(25)28)21(26)18-10-9-16-7-5-6-8-17(16)14-18/h5-11,13-14,20,26H,3-4,12H2,1-2H3/b21-19-. The van der Waals surface area contributed by atoms with Gasteiger partial charge < -0.3 is 10.0 Å². The van der Waals surface area contributed by atoms with E-state index in [9.17, 15) is 14.7 Å². The number of amides is 1. The Morgan fingerprint density at radius 1 is 1.10 bits per heavy atom. The Kier molecular flexibility index (Phi) is 5.24. The van der Waals surface area contributed by atoms with Gasteiger partial charge in [0.15, 0.2) is 0 Å². The highest BCUT2D eigenvalue weighted by Crippen LogP contribution is 2.42. The SMILES string of the molecule is CCCCN1C(=O)C(=O)/C(=C(\O)c2ccc3ccccc3c2)C1c1sccc1C. The molecule has 29 heavy (non-hydrogen) atoms. The Hall–Kier alpha value is -2.92. The van der Waals surface area contributed by atoms with Crippen LogP contribution in [-0.2, 0) is 9.59 Å². The molecule has 1 amide bonds.